The van der Waals surface area contributed by atoms with E-state index in [1.807, 2.05) is 0 Å². The van der Waals surface area contributed by atoms with Gasteiger partial charge in [0.2, 0.25) is 23.6 Å². The Labute approximate surface area is 200 Å². The molecular weight excluding hydrogens is 478 g/mol. The van der Waals surface area contributed by atoms with Crippen molar-refractivity contribution < 1.29 is 39.0 Å². The predicted octanol–water partition coefficient (Wildman–Crippen LogP) is -2.33. The number of hydrogen-bond acceptors (Lipinski definition) is 9. The van der Waals surface area contributed by atoms with E-state index in [0.29, 0.717) is 5.75 Å². The van der Waals surface area contributed by atoms with E-state index in [1.54, 1.807) is 6.26 Å². The molecule has 15 heteroatoms. The lowest BCUT2D eigenvalue weighted by atomic mass is 10.1. The molecule has 33 heavy (non-hydrogen) atoms. The Hall–Kier alpha value is -2.52. The molecule has 0 spiro atoms. The maximum atomic E-state index is 12.8. The van der Waals surface area contributed by atoms with Crippen molar-refractivity contribution in [2.45, 2.75) is 56.3 Å². The van der Waals surface area contributed by atoms with Gasteiger partial charge >= 0.3 is 11.9 Å². The van der Waals surface area contributed by atoms with E-state index in [2.05, 4.69) is 28.6 Å². The Balaban J connectivity index is 5.46. The number of carboxylic acids is 2. The van der Waals surface area contributed by atoms with Gasteiger partial charge in [-0.1, -0.05) is 0 Å². The van der Waals surface area contributed by atoms with Crippen LogP contribution in [0.1, 0.15) is 32.1 Å². The van der Waals surface area contributed by atoms with Crippen LogP contribution in [0.2, 0.25) is 0 Å². The third kappa shape index (κ3) is 12.9. The van der Waals surface area contributed by atoms with Crippen molar-refractivity contribution in [3.05, 3.63) is 0 Å². The molecule has 0 bridgehead atoms. The van der Waals surface area contributed by atoms with Crippen molar-refractivity contribution in [1.82, 2.24) is 16.0 Å². The van der Waals surface area contributed by atoms with Crippen LogP contribution in [0.3, 0.4) is 0 Å². The number of primary amides is 1. The Morgan fingerprint density at radius 1 is 0.848 bits per heavy atom. The molecule has 0 radical (unpaired) electrons. The maximum Gasteiger partial charge on any atom is 0.326 e. The molecule has 188 valence electrons. The summed E-state index contributed by atoms with van der Waals surface area (Å²) in [6, 6.07) is -4.92. The largest absolute Gasteiger partial charge is 0.481 e. The average molecular weight is 510 g/mol. The number of carbonyl (C=O) groups excluding carboxylic acids is 4. The minimum Gasteiger partial charge on any atom is -0.481 e. The lowest BCUT2D eigenvalue weighted by Crippen LogP contribution is -2.57. The molecule has 4 atom stereocenters. The predicted molar refractivity (Wildman–Crippen MR) is 124 cm³/mol. The van der Waals surface area contributed by atoms with Gasteiger partial charge < -0.3 is 37.6 Å². The number of rotatable bonds is 17. The fraction of sp³-hybridized carbons (Fsp3) is 0.667. The van der Waals surface area contributed by atoms with Crippen molar-refractivity contribution in [2.24, 2.45) is 11.5 Å². The molecule has 0 fully saturated rings. The summed E-state index contributed by atoms with van der Waals surface area (Å²) in [5, 5.41) is 25.2. The molecule has 0 aromatic heterocycles. The van der Waals surface area contributed by atoms with Gasteiger partial charge in [0, 0.05) is 18.6 Å². The first-order valence-electron chi connectivity index (χ1n) is 9.92. The molecule has 0 saturated heterocycles. The molecule has 4 unspecified atom stereocenters. The Morgan fingerprint density at radius 2 is 1.33 bits per heavy atom. The summed E-state index contributed by atoms with van der Waals surface area (Å²) < 4.78 is 0. The lowest BCUT2D eigenvalue weighted by Gasteiger charge is -2.25. The lowest BCUT2D eigenvalue weighted by molar-refractivity contribution is -0.142. The highest BCUT2D eigenvalue weighted by atomic mass is 32.2. The summed E-state index contributed by atoms with van der Waals surface area (Å²) in [5.41, 5.74) is 10.6. The molecule has 0 saturated carbocycles. The second kappa shape index (κ2) is 16.1. The number of aliphatic carboxylic acids is 2. The quantitative estimate of drug-likeness (QED) is 0.0974. The highest BCUT2D eigenvalue weighted by Crippen LogP contribution is 2.06. The van der Waals surface area contributed by atoms with Gasteiger partial charge in [-0.15, -0.1) is 0 Å². The fourth-order valence-electron chi connectivity index (χ4n) is 2.49. The van der Waals surface area contributed by atoms with Gasteiger partial charge in [0.1, 0.15) is 18.1 Å². The molecule has 0 aliphatic rings. The number of carbonyl (C=O) groups is 6. The van der Waals surface area contributed by atoms with Crippen molar-refractivity contribution >= 4 is 60.0 Å². The van der Waals surface area contributed by atoms with Crippen LogP contribution in [0.4, 0.5) is 0 Å². The van der Waals surface area contributed by atoms with Gasteiger partial charge in [-0.05, 0) is 31.3 Å². The second-order valence-corrected chi connectivity index (χ2v) is 8.38. The van der Waals surface area contributed by atoms with Crippen LogP contribution in [0.15, 0.2) is 0 Å². The van der Waals surface area contributed by atoms with E-state index >= 15 is 0 Å². The van der Waals surface area contributed by atoms with Crippen LogP contribution in [0.25, 0.3) is 0 Å². The number of carboxylic acid groups (broad SMARTS) is 2. The van der Waals surface area contributed by atoms with Crippen LogP contribution in [0.5, 0.6) is 0 Å². The van der Waals surface area contributed by atoms with Crippen LogP contribution < -0.4 is 27.4 Å². The van der Waals surface area contributed by atoms with Crippen molar-refractivity contribution in [1.29, 1.82) is 0 Å². The highest BCUT2D eigenvalue weighted by Gasteiger charge is 2.30. The van der Waals surface area contributed by atoms with Crippen molar-refractivity contribution in [3.63, 3.8) is 0 Å². The fourth-order valence-corrected chi connectivity index (χ4v) is 3.13. The third-order valence-electron chi connectivity index (χ3n) is 4.35. The number of thiol groups is 1. The molecule has 0 aliphatic carbocycles. The zero-order valence-electron chi connectivity index (χ0n) is 18.1. The van der Waals surface area contributed by atoms with E-state index < -0.39 is 66.2 Å². The third-order valence-corrected chi connectivity index (χ3v) is 5.39. The van der Waals surface area contributed by atoms with Gasteiger partial charge in [-0.3, -0.25) is 24.0 Å². The zero-order valence-corrected chi connectivity index (χ0v) is 19.8. The molecule has 0 aliphatic heterocycles. The monoisotopic (exact) mass is 509 g/mol. The van der Waals surface area contributed by atoms with Crippen LogP contribution in [-0.2, 0) is 28.8 Å². The van der Waals surface area contributed by atoms with Crippen LogP contribution in [-0.4, -0.2) is 87.7 Å². The topological polar surface area (TPSA) is 231 Å². The molecule has 0 heterocycles. The Bertz CT molecular complexity index is 724. The van der Waals surface area contributed by atoms with E-state index in [1.165, 1.54) is 11.8 Å². The average Bonchev–Trinajstić information content (AvgIpc) is 2.74. The normalized spacial score (nSPS) is 14.3. The minimum atomic E-state index is -1.41. The van der Waals surface area contributed by atoms with Crippen molar-refractivity contribution in [3.8, 4) is 0 Å². The molecule has 13 nitrogen and oxygen atoms in total. The van der Waals surface area contributed by atoms with E-state index in [-0.39, 0.29) is 31.4 Å². The first-order valence-corrected chi connectivity index (χ1v) is 11.9. The summed E-state index contributed by atoms with van der Waals surface area (Å²) in [4.78, 5) is 70.8. The smallest absolute Gasteiger partial charge is 0.326 e. The van der Waals surface area contributed by atoms with Gasteiger partial charge in [-0.25, -0.2) is 4.79 Å². The number of thioether (sulfide) groups is 1. The number of amides is 4. The first-order chi connectivity index (χ1) is 15.4. The van der Waals surface area contributed by atoms with E-state index in [0.717, 1.165) is 0 Å². The van der Waals surface area contributed by atoms with Crippen LogP contribution in [0, 0.1) is 0 Å². The van der Waals surface area contributed by atoms with Gasteiger partial charge in [0.25, 0.3) is 0 Å². The molecule has 0 aromatic rings. The number of nitrogens with one attached hydrogen (secondary N) is 3. The Kier molecular flexibility index (Phi) is 14.9. The SMILES string of the molecule is CSCCC(NC(=O)C(CCC(=O)O)NC(=O)C(N)CS)C(=O)NC(CCC(N)=O)C(=O)O. The highest BCUT2D eigenvalue weighted by molar-refractivity contribution is 7.98. The molecule has 4 amide bonds. The summed E-state index contributed by atoms with van der Waals surface area (Å²) in [6.07, 6.45) is 0.672. The molecular formula is C18H31N5O8S2. The van der Waals surface area contributed by atoms with Gasteiger partial charge in [-0.2, -0.15) is 24.4 Å². The van der Waals surface area contributed by atoms with Crippen LogP contribution >= 0.6 is 24.4 Å². The van der Waals surface area contributed by atoms with Gasteiger partial charge in [0.05, 0.1) is 6.04 Å². The number of hydrogen-bond donors (Lipinski definition) is 8. The zero-order chi connectivity index (χ0) is 25.6. The summed E-state index contributed by atoms with van der Waals surface area (Å²) in [5.74, 6) is -5.28. The standard InChI is InChI=1S/C18H31N5O8S2/c1-33-7-6-11(17(29)23-12(18(30)31)2-4-13(20)24)22-16(28)10(3-5-14(25)26)21-15(27)9(19)8-32/h9-12,32H,2-8,19H2,1H3,(H2,20,24)(H,21,27)(H,22,28)(H,23,29)(H,25,26)(H,30,31). The second-order valence-electron chi connectivity index (χ2n) is 7.03. The first kappa shape index (κ1) is 30.5. The van der Waals surface area contributed by atoms with E-state index in [9.17, 15) is 33.9 Å². The van der Waals surface area contributed by atoms with E-state index in [4.69, 9.17) is 16.6 Å². The molecule has 0 rings (SSSR count). The summed E-state index contributed by atoms with van der Waals surface area (Å²) in [6.45, 7) is 0. The summed E-state index contributed by atoms with van der Waals surface area (Å²) in [7, 11) is 0. The maximum absolute atomic E-state index is 12.8. The molecule has 0 aromatic carbocycles. The number of nitrogens with two attached hydrogens (primary N) is 2. The molecule has 9 N–H and O–H groups in total. The summed E-state index contributed by atoms with van der Waals surface area (Å²) >= 11 is 5.27. The minimum absolute atomic E-state index is 0.0142. The van der Waals surface area contributed by atoms with Crippen molar-refractivity contribution in [2.75, 3.05) is 17.8 Å². The van der Waals surface area contributed by atoms with Gasteiger partial charge in [0.15, 0.2) is 0 Å². The Morgan fingerprint density at radius 3 is 1.79 bits per heavy atom.